The van der Waals surface area contributed by atoms with Crippen molar-refractivity contribution >= 4 is 52.8 Å². The number of ether oxygens (including phenoxy) is 2. The molecule has 0 saturated heterocycles. The van der Waals surface area contributed by atoms with Crippen molar-refractivity contribution in [1.82, 2.24) is 0 Å². The van der Waals surface area contributed by atoms with Crippen LogP contribution in [0.3, 0.4) is 0 Å². The third-order valence-corrected chi connectivity index (χ3v) is 6.80. The lowest BCUT2D eigenvalue weighted by atomic mass is 10.1. The number of hydrazone groups is 2. The van der Waals surface area contributed by atoms with Crippen LogP contribution in [-0.2, 0) is 0 Å². The van der Waals surface area contributed by atoms with Crippen LogP contribution < -0.4 is 20.3 Å². The van der Waals surface area contributed by atoms with E-state index >= 15 is 0 Å². The Morgan fingerprint density at radius 2 is 0.980 bits per heavy atom. The zero-order valence-electron chi connectivity index (χ0n) is 25.9. The van der Waals surface area contributed by atoms with Crippen molar-refractivity contribution in [3.8, 4) is 11.5 Å². The summed E-state index contributed by atoms with van der Waals surface area (Å²) < 4.78 is 10.6. The van der Waals surface area contributed by atoms with Crippen LogP contribution in [0.5, 0.6) is 11.5 Å². The number of esters is 2. The summed E-state index contributed by atoms with van der Waals surface area (Å²) in [5.41, 5.74) is 6.42. The van der Waals surface area contributed by atoms with Crippen molar-refractivity contribution in [1.29, 1.82) is 0 Å². The number of rotatable bonds is 13. The molecule has 0 aliphatic heterocycles. The van der Waals surface area contributed by atoms with Crippen LogP contribution in [0, 0.1) is 30.3 Å². The van der Waals surface area contributed by atoms with E-state index in [0.717, 1.165) is 12.1 Å². The van der Waals surface area contributed by atoms with Crippen LogP contribution in [0.4, 0.5) is 28.4 Å². The minimum Gasteiger partial charge on any atom is -0.423 e. The van der Waals surface area contributed by atoms with Gasteiger partial charge in [0, 0.05) is 30.3 Å². The van der Waals surface area contributed by atoms with Crippen molar-refractivity contribution in [3.05, 3.63) is 168 Å². The Labute approximate surface area is 286 Å². The average molecular weight is 690 g/mol. The fourth-order valence-electron chi connectivity index (χ4n) is 4.23. The number of nitro benzene ring substituents is 3. The minimum absolute atomic E-state index is 0.0520. The molecule has 5 aromatic carbocycles. The van der Waals surface area contributed by atoms with Crippen LogP contribution in [-0.4, -0.2) is 39.1 Å². The molecule has 0 atom stereocenters. The SMILES string of the molecule is O=C(Oc1ccc(C=NNc2ccc([N+](=O)[O-])cc2)cc1)c1ccc(C(=O)Oc2ccc(C=NNc3ccc([N+](=O)[O-])cc3)cc2)c([N+](=O)[O-])c1. The summed E-state index contributed by atoms with van der Waals surface area (Å²) in [6, 6.07) is 26.8. The van der Waals surface area contributed by atoms with E-state index in [2.05, 4.69) is 21.1 Å². The maximum Gasteiger partial charge on any atom is 0.350 e. The second kappa shape index (κ2) is 15.8. The van der Waals surface area contributed by atoms with Crippen LogP contribution in [0.2, 0.25) is 0 Å². The van der Waals surface area contributed by atoms with Crippen molar-refractivity contribution < 1.29 is 33.8 Å². The number of non-ortho nitro benzene ring substituents is 2. The van der Waals surface area contributed by atoms with Crippen LogP contribution in [0.1, 0.15) is 31.8 Å². The van der Waals surface area contributed by atoms with E-state index in [1.54, 1.807) is 24.3 Å². The summed E-state index contributed by atoms with van der Waals surface area (Å²) in [5, 5.41) is 41.4. The number of nitro groups is 3. The van der Waals surface area contributed by atoms with Gasteiger partial charge < -0.3 is 9.47 Å². The highest BCUT2D eigenvalue weighted by Crippen LogP contribution is 2.25. The first kappa shape index (κ1) is 34.5. The Balaban J connectivity index is 1.16. The predicted molar refractivity (Wildman–Crippen MR) is 185 cm³/mol. The van der Waals surface area contributed by atoms with Gasteiger partial charge in [-0.05, 0) is 96.1 Å². The van der Waals surface area contributed by atoms with Gasteiger partial charge >= 0.3 is 11.9 Å². The van der Waals surface area contributed by atoms with Gasteiger partial charge in [0.1, 0.15) is 17.1 Å². The molecule has 0 saturated carbocycles. The summed E-state index contributed by atoms with van der Waals surface area (Å²) in [4.78, 5) is 57.1. The summed E-state index contributed by atoms with van der Waals surface area (Å²) in [7, 11) is 0. The predicted octanol–water partition coefficient (Wildman–Crippen LogP) is 6.74. The largest absolute Gasteiger partial charge is 0.423 e. The van der Waals surface area contributed by atoms with Gasteiger partial charge in [0.25, 0.3) is 17.1 Å². The number of hydrogen-bond donors (Lipinski definition) is 2. The highest BCUT2D eigenvalue weighted by atomic mass is 16.6. The Kier molecular flexibility index (Phi) is 10.7. The first-order valence-corrected chi connectivity index (χ1v) is 14.6. The second-order valence-corrected chi connectivity index (χ2v) is 10.3. The summed E-state index contributed by atoms with van der Waals surface area (Å²) in [6.07, 6.45) is 2.93. The molecule has 17 heteroatoms. The maximum atomic E-state index is 12.9. The average Bonchev–Trinajstić information content (AvgIpc) is 3.13. The number of nitrogens with zero attached hydrogens (tertiary/aromatic N) is 5. The molecule has 51 heavy (non-hydrogen) atoms. The Bertz CT molecular complexity index is 2150. The van der Waals surface area contributed by atoms with Crippen LogP contribution in [0.15, 0.2) is 125 Å². The number of carbonyl (C=O) groups excluding carboxylic acids is 2. The molecule has 0 unspecified atom stereocenters. The molecule has 0 aliphatic rings. The van der Waals surface area contributed by atoms with Gasteiger partial charge in [-0.1, -0.05) is 0 Å². The van der Waals surface area contributed by atoms with Gasteiger partial charge in [0.05, 0.1) is 44.1 Å². The minimum atomic E-state index is -1.02. The highest BCUT2D eigenvalue weighted by Gasteiger charge is 2.25. The third kappa shape index (κ3) is 9.39. The molecular weight excluding hydrogens is 666 g/mol. The fourth-order valence-corrected chi connectivity index (χ4v) is 4.23. The van der Waals surface area contributed by atoms with E-state index in [9.17, 15) is 39.9 Å². The zero-order chi connectivity index (χ0) is 36.3. The summed E-state index contributed by atoms with van der Waals surface area (Å²) >= 11 is 0. The molecular formula is C34H23N7O10. The van der Waals surface area contributed by atoms with E-state index < -0.39 is 32.4 Å². The van der Waals surface area contributed by atoms with Gasteiger partial charge in [-0.3, -0.25) is 41.2 Å². The first-order valence-electron chi connectivity index (χ1n) is 14.6. The van der Waals surface area contributed by atoms with Crippen LogP contribution in [0.25, 0.3) is 0 Å². The second-order valence-electron chi connectivity index (χ2n) is 10.3. The Hall–Kier alpha value is -7.82. The van der Waals surface area contributed by atoms with Gasteiger partial charge in [0.2, 0.25) is 0 Å². The molecule has 0 spiro atoms. The highest BCUT2D eigenvalue weighted by molar-refractivity contribution is 5.98. The molecule has 0 aliphatic carbocycles. The van der Waals surface area contributed by atoms with E-state index in [4.69, 9.17) is 9.47 Å². The summed E-state index contributed by atoms with van der Waals surface area (Å²) in [6.45, 7) is 0. The monoisotopic (exact) mass is 689 g/mol. The molecule has 0 fully saturated rings. The number of anilines is 2. The molecule has 0 amide bonds. The standard InChI is InChI=1S/C34H23N7O10/c42-33(50-29-14-1-22(2-15-29)20-35-37-25-6-10-27(11-7-25)39(44)45)24-5-18-31(32(19-24)41(48)49)34(43)51-30-16-3-23(4-17-30)21-36-38-26-8-12-28(13-9-26)40(46)47/h1-21,37-38H. The number of benzene rings is 5. The molecule has 254 valence electrons. The lowest BCUT2D eigenvalue weighted by Gasteiger charge is -2.08. The summed E-state index contributed by atoms with van der Waals surface area (Å²) in [5.74, 6) is -1.70. The molecule has 17 nitrogen and oxygen atoms in total. The topological polar surface area (TPSA) is 231 Å². The number of nitrogens with one attached hydrogen (secondary N) is 2. The smallest absolute Gasteiger partial charge is 0.350 e. The fraction of sp³-hybridized carbons (Fsp3) is 0. The zero-order valence-corrected chi connectivity index (χ0v) is 25.9. The molecule has 0 heterocycles. The Morgan fingerprint density at radius 3 is 1.39 bits per heavy atom. The molecule has 0 bridgehead atoms. The number of carbonyl (C=O) groups is 2. The molecule has 5 aromatic rings. The van der Waals surface area contributed by atoms with E-state index in [1.807, 2.05) is 0 Å². The van der Waals surface area contributed by atoms with Crippen molar-refractivity contribution in [2.75, 3.05) is 10.9 Å². The molecule has 5 rings (SSSR count). The lowest BCUT2D eigenvalue weighted by molar-refractivity contribution is -0.385. The molecule has 2 N–H and O–H groups in total. The lowest BCUT2D eigenvalue weighted by Crippen LogP contribution is -2.14. The van der Waals surface area contributed by atoms with E-state index in [1.165, 1.54) is 91.3 Å². The van der Waals surface area contributed by atoms with E-state index in [-0.39, 0.29) is 34.0 Å². The third-order valence-electron chi connectivity index (χ3n) is 6.80. The molecule has 0 aromatic heterocycles. The van der Waals surface area contributed by atoms with Crippen LogP contribution >= 0.6 is 0 Å². The van der Waals surface area contributed by atoms with Gasteiger partial charge in [0.15, 0.2) is 0 Å². The number of hydrogen-bond acceptors (Lipinski definition) is 14. The first-order chi connectivity index (χ1) is 24.5. The molecule has 0 radical (unpaired) electrons. The van der Waals surface area contributed by atoms with Crippen molar-refractivity contribution in [2.45, 2.75) is 0 Å². The van der Waals surface area contributed by atoms with Crippen molar-refractivity contribution in [2.24, 2.45) is 10.2 Å². The normalized spacial score (nSPS) is 10.8. The van der Waals surface area contributed by atoms with Gasteiger partial charge in [-0.15, -0.1) is 0 Å². The maximum absolute atomic E-state index is 12.9. The van der Waals surface area contributed by atoms with Gasteiger partial charge in [-0.25, -0.2) is 9.59 Å². The van der Waals surface area contributed by atoms with Gasteiger partial charge in [-0.2, -0.15) is 10.2 Å². The Morgan fingerprint density at radius 1 is 0.549 bits per heavy atom. The quantitative estimate of drug-likeness (QED) is 0.0430. The van der Waals surface area contributed by atoms with E-state index in [0.29, 0.717) is 22.5 Å². The van der Waals surface area contributed by atoms with Crippen molar-refractivity contribution in [3.63, 3.8) is 0 Å².